The van der Waals surface area contributed by atoms with Gasteiger partial charge in [-0.05, 0) is 43.1 Å². The number of nitrogens with zero attached hydrogens (tertiary/aromatic N) is 2. The summed E-state index contributed by atoms with van der Waals surface area (Å²) in [7, 11) is 1.86. The summed E-state index contributed by atoms with van der Waals surface area (Å²) in [5.41, 5.74) is 0.990. The summed E-state index contributed by atoms with van der Waals surface area (Å²) in [4.78, 5) is 18.1. The Morgan fingerprint density at radius 2 is 2.14 bits per heavy atom. The van der Waals surface area contributed by atoms with Crippen LogP contribution in [0.15, 0.2) is 18.3 Å². The van der Waals surface area contributed by atoms with Gasteiger partial charge in [-0.15, -0.1) is 0 Å². The first kappa shape index (κ1) is 15.1. The van der Waals surface area contributed by atoms with E-state index in [-0.39, 0.29) is 6.03 Å². The largest absolute Gasteiger partial charge is 0.477 e. The zero-order chi connectivity index (χ0) is 15.4. The van der Waals surface area contributed by atoms with Crippen molar-refractivity contribution in [1.82, 2.24) is 15.2 Å². The van der Waals surface area contributed by atoms with Gasteiger partial charge < -0.3 is 15.0 Å². The second-order valence-corrected chi connectivity index (χ2v) is 6.60. The molecular weight excluding hydrogens is 278 g/mol. The van der Waals surface area contributed by atoms with Crippen molar-refractivity contribution in [2.45, 2.75) is 38.6 Å². The number of rotatable bonds is 7. The lowest BCUT2D eigenvalue weighted by Gasteiger charge is -2.30. The molecule has 2 saturated carbocycles. The van der Waals surface area contributed by atoms with E-state index in [9.17, 15) is 4.79 Å². The third-order valence-corrected chi connectivity index (χ3v) is 4.51. The highest BCUT2D eigenvalue weighted by Crippen LogP contribution is 2.29. The fourth-order valence-electron chi connectivity index (χ4n) is 2.55. The van der Waals surface area contributed by atoms with Gasteiger partial charge in [-0.1, -0.05) is 12.5 Å². The number of carbonyl (C=O) groups excluding carboxylic acids is 1. The van der Waals surface area contributed by atoms with E-state index >= 15 is 0 Å². The van der Waals surface area contributed by atoms with Crippen LogP contribution in [0.1, 0.15) is 37.7 Å². The van der Waals surface area contributed by atoms with Crippen LogP contribution in [0, 0.1) is 11.8 Å². The molecule has 5 heteroatoms. The molecule has 1 aromatic rings. The van der Waals surface area contributed by atoms with E-state index < -0.39 is 0 Å². The highest BCUT2D eigenvalue weighted by molar-refractivity contribution is 5.73. The summed E-state index contributed by atoms with van der Waals surface area (Å²) in [5.74, 6) is 2.09. The van der Waals surface area contributed by atoms with Gasteiger partial charge in [0.2, 0.25) is 5.88 Å². The Morgan fingerprint density at radius 1 is 1.32 bits per heavy atom. The average molecular weight is 303 g/mol. The molecule has 0 aliphatic heterocycles. The van der Waals surface area contributed by atoms with Crippen LogP contribution in [0.3, 0.4) is 0 Å². The maximum Gasteiger partial charge on any atom is 0.317 e. The van der Waals surface area contributed by atoms with E-state index in [2.05, 4.69) is 10.3 Å². The van der Waals surface area contributed by atoms with Gasteiger partial charge in [0.25, 0.3) is 0 Å². The van der Waals surface area contributed by atoms with E-state index in [1.54, 1.807) is 11.1 Å². The Balaban J connectivity index is 1.38. The number of ether oxygens (including phenoxy) is 1. The Labute approximate surface area is 132 Å². The average Bonchev–Trinajstić information content (AvgIpc) is 3.31. The number of hydrogen-bond donors (Lipinski definition) is 1. The van der Waals surface area contributed by atoms with Gasteiger partial charge in [0, 0.05) is 32.4 Å². The molecule has 0 aromatic carbocycles. The lowest BCUT2D eigenvalue weighted by molar-refractivity contribution is 0.182. The molecule has 2 aliphatic carbocycles. The minimum atomic E-state index is -0.0130. The van der Waals surface area contributed by atoms with Crippen LogP contribution < -0.4 is 10.1 Å². The number of aromatic nitrogens is 1. The summed E-state index contributed by atoms with van der Waals surface area (Å²) in [5, 5.41) is 2.94. The highest BCUT2D eigenvalue weighted by Gasteiger charge is 2.22. The van der Waals surface area contributed by atoms with E-state index in [1.807, 2.05) is 19.2 Å². The minimum absolute atomic E-state index is 0.0130. The van der Waals surface area contributed by atoms with E-state index in [0.29, 0.717) is 18.3 Å². The van der Waals surface area contributed by atoms with Gasteiger partial charge >= 0.3 is 6.03 Å². The van der Waals surface area contributed by atoms with Gasteiger partial charge in [-0.3, -0.25) is 0 Å². The van der Waals surface area contributed by atoms with Gasteiger partial charge in [0.05, 0.1) is 6.61 Å². The van der Waals surface area contributed by atoms with Crippen molar-refractivity contribution in [2.24, 2.45) is 11.8 Å². The Kier molecular flexibility index (Phi) is 4.80. The fraction of sp³-hybridized carbons (Fsp3) is 0.647. The first-order valence-corrected chi connectivity index (χ1v) is 8.27. The molecule has 0 saturated heterocycles. The standard InChI is InChI=1S/C17H25N3O2/c1-20(11-13-3-2-4-13)17(21)19-10-15-7-8-16(18-9-15)22-12-14-5-6-14/h7-9,13-14H,2-6,10-12H2,1H3,(H,19,21). The van der Waals surface area contributed by atoms with Crippen LogP contribution in [-0.4, -0.2) is 36.1 Å². The molecule has 1 heterocycles. The van der Waals surface area contributed by atoms with E-state index in [4.69, 9.17) is 4.74 Å². The maximum absolute atomic E-state index is 12.0. The van der Waals surface area contributed by atoms with Gasteiger partial charge in [-0.2, -0.15) is 0 Å². The SMILES string of the molecule is CN(CC1CCC1)C(=O)NCc1ccc(OCC2CC2)nc1. The molecule has 1 N–H and O–H groups in total. The lowest BCUT2D eigenvalue weighted by Crippen LogP contribution is -2.40. The van der Waals surface area contributed by atoms with Crippen LogP contribution in [0.5, 0.6) is 5.88 Å². The Bertz CT molecular complexity index is 495. The molecule has 0 spiro atoms. The molecule has 0 bridgehead atoms. The molecule has 2 aliphatic rings. The molecule has 3 rings (SSSR count). The van der Waals surface area contributed by atoms with Gasteiger partial charge in [0.15, 0.2) is 0 Å². The third kappa shape index (κ3) is 4.36. The zero-order valence-electron chi connectivity index (χ0n) is 13.3. The monoisotopic (exact) mass is 303 g/mol. The molecule has 5 nitrogen and oxygen atoms in total. The van der Waals surface area contributed by atoms with Crippen molar-refractivity contribution in [3.05, 3.63) is 23.9 Å². The summed E-state index contributed by atoms with van der Waals surface area (Å²) in [6, 6.07) is 3.82. The summed E-state index contributed by atoms with van der Waals surface area (Å²) >= 11 is 0. The molecule has 22 heavy (non-hydrogen) atoms. The predicted molar refractivity (Wildman–Crippen MR) is 84.7 cm³/mol. The third-order valence-electron chi connectivity index (χ3n) is 4.51. The normalized spacial score (nSPS) is 17.7. The summed E-state index contributed by atoms with van der Waals surface area (Å²) in [6.07, 6.45) is 8.14. The van der Waals surface area contributed by atoms with Crippen LogP contribution in [-0.2, 0) is 6.54 Å². The van der Waals surface area contributed by atoms with Crippen molar-refractivity contribution in [2.75, 3.05) is 20.2 Å². The maximum atomic E-state index is 12.0. The number of pyridine rings is 1. The molecular formula is C17H25N3O2. The van der Waals surface area contributed by atoms with Crippen LogP contribution >= 0.6 is 0 Å². The quantitative estimate of drug-likeness (QED) is 0.842. The van der Waals surface area contributed by atoms with Crippen LogP contribution in [0.2, 0.25) is 0 Å². The van der Waals surface area contributed by atoms with Gasteiger partial charge in [0.1, 0.15) is 0 Å². The lowest BCUT2D eigenvalue weighted by atomic mass is 9.85. The van der Waals surface area contributed by atoms with E-state index in [0.717, 1.165) is 24.6 Å². The number of amides is 2. The molecule has 0 unspecified atom stereocenters. The summed E-state index contributed by atoms with van der Waals surface area (Å²) < 4.78 is 5.60. The van der Waals surface area contributed by atoms with Gasteiger partial charge in [-0.25, -0.2) is 9.78 Å². The molecule has 2 amide bonds. The smallest absolute Gasteiger partial charge is 0.317 e. The molecule has 0 radical (unpaired) electrons. The van der Waals surface area contributed by atoms with Crippen molar-refractivity contribution in [3.63, 3.8) is 0 Å². The minimum Gasteiger partial charge on any atom is -0.477 e. The van der Waals surface area contributed by atoms with Crippen molar-refractivity contribution in [1.29, 1.82) is 0 Å². The Morgan fingerprint density at radius 3 is 2.73 bits per heavy atom. The number of hydrogen-bond acceptors (Lipinski definition) is 3. The molecule has 1 aromatic heterocycles. The van der Waals surface area contributed by atoms with Crippen molar-refractivity contribution >= 4 is 6.03 Å². The van der Waals surface area contributed by atoms with Crippen molar-refractivity contribution < 1.29 is 9.53 Å². The second-order valence-electron chi connectivity index (χ2n) is 6.60. The molecule has 0 atom stereocenters. The summed E-state index contributed by atoms with van der Waals surface area (Å²) in [6.45, 7) is 2.14. The molecule has 2 fully saturated rings. The van der Waals surface area contributed by atoms with Crippen molar-refractivity contribution in [3.8, 4) is 5.88 Å². The van der Waals surface area contributed by atoms with Crippen LogP contribution in [0.25, 0.3) is 0 Å². The Hall–Kier alpha value is -1.78. The van der Waals surface area contributed by atoms with E-state index in [1.165, 1.54) is 32.1 Å². The molecule has 120 valence electrons. The predicted octanol–water partition coefficient (Wildman–Crippen LogP) is 2.81. The fourth-order valence-corrected chi connectivity index (χ4v) is 2.55. The zero-order valence-corrected chi connectivity index (χ0v) is 13.3. The highest BCUT2D eigenvalue weighted by atomic mass is 16.5. The number of urea groups is 1. The first-order chi connectivity index (χ1) is 10.7. The first-order valence-electron chi connectivity index (χ1n) is 8.27. The number of carbonyl (C=O) groups is 1. The number of nitrogens with one attached hydrogen (secondary N) is 1. The second kappa shape index (κ2) is 6.99. The topological polar surface area (TPSA) is 54.5 Å². The van der Waals surface area contributed by atoms with Crippen LogP contribution in [0.4, 0.5) is 4.79 Å².